The van der Waals surface area contributed by atoms with E-state index in [1.165, 1.54) is 10.9 Å². The molecule has 6 rings (SSSR count). The lowest BCUT2D eigenvalue weighted by atomic mass is 9.76. The van der Waals surface area contributed by atoms with Crippen LogP contribution >= 0.6 is 0 Å². The number of pyridine rings is 2. The summed E-state index contributed by atoms with van der Waals surface area (Å²) in [6, 6.07) is 6.80. The van der Waals surface area contributed by atoms with E-state index in [-0.39, 0.29) is 30.4 Å². The highest BCUT2D eigenvalue weighted by Crippen LogP contribution is 2.45. The molecule has 13 nitrogen and oxygen atoms in total. The molecule has 0 spiro atoms. The quantitative estimate of drug-likeness (QED) is 0.239. The lowest BCUT2D eigenvalue weighted by Gasteiger charge is -2.39. The number of aromatic amines is 1. The molecule has 1 fully saturated rings. The summed E-state index contributed by atoms with van der Waals surface area (Å²) in [6.45, 7) is 3.70. The van der Waals surface area contributed by atoms with Gasteiger partial charge < -0.3 is 25.4 Å². The smallest absolute Gasteiger partial charge is 0.262 e. The first-order valence-electron chi connectivity index (χ1n) is 14.0. The molecule has 2 aliphatic rings. The van der Waals surface area contributed by atoms with Crippen LogP contribution in [0.4, 0.5) is 21.7 Å². The summed E-state index contributed by atoms with van der Waals surface area (Å²) in [7, 11) is 1.55. The molecule has 0 unspecified atom stereocenters. The fraction of sp³-hybridized carbons (Fsp3) is 0.379. The number of hydrogen-bond acceptors (Lipinski definition) is 9. The van der Waals surface area contributed by atoms with Gasteiger partial charge in [-0.2, -0.15) is 10.2 Å². The summed E-state index contributed by atoms with van der Waals surface area (Å²) >= 11 is 0. The van der Waals surface area contributed by atoms with E-state index >= 15 is 0 Å². The standard InChI is InChI=1S/C29H32FN9O4/c1-16-10-23(38-37-16)34-22-11-21-27(36-25(40)15-43-21)26(35-22)18-6-8-29(42-3,9-7-18)28(41)33-17(2)19-4-5-24(31-12-19)39-14-20(30)13-32-39/h4-5,10-14,17-18H,6-9,15H2,1-3H3,(H,33,41)(H,36,40)(H2,34,35,37,38)/t17-,18?,29?/m0/s1. The second kappa shape index (κ2) is 11.4. The monoisotopic (exact) mass is 589 g/mol. The third-order valence-electron chi connectivity index (χ3n) is 7.99. The molecule has 1 atom stereocenters. The SMILES string of the molecule is COC1(C(=O)N[C@@H](C)c2ccc(-n3cc(F)cn3)nc2)CCC(c2nc(Nc3cc(C)[nH]n3)cc3c2NC(=O)CO3)CC1. The average molecular weight is 590 g/mol. The molecule has 2 amide bonds. The van der Waals surface area contributed by atoms with E-state index in [1.54, 1.807) is 25.4 Å². The number of carbonyl (C=O) groups is 2. The van der Waals surface area contributed by atoms with Crippen LogP contribution in [0.1, 0.15) is 61.5 Å². The van der Waals surface area contributed by atoms with Gasteiger partial charge in [0.1, 0.15) is 22.9 Å². The van der Waals surface area contributed by atoms with Gasteiger partial charge in [-0.15, -0.1) is 0 Å². The van der Waals surface area contributed by atoms with E-state index in [0.717, 1.165) is 17.5 Å². The number of halogens is 1. The van der Waals surface area contributed by atoms with E-state index in [4.69, 9.17) is 14.5 Å². The van der Waals surface area contributed by atoms with Gasteiger partial charge in [0, 0.05) is 37.1 Å². The number of aromatic nitrogens is 6. The van der Waals surface area contributed by atoms with E-state index in [2.05, 4.69) is 36.2 Å². The summed E-state index contributed by atoms with van der Waals surface area (Å²) in [5.74, 6) is 1.21. The summed E-state index contributed by atoms with van der Waals surface area (Å²) < 4.78 is 26.3. The maximum atomic E-state index is 13.6. The molecule has 1 saturated carbocycles. The van der Waals surface area contributed by atoms with Crippen molar-refractivity contribution in [2.75, 3.05) is 24.4 Å². The summed E-state index contributed by atoms with van der Waals surface area (Å²) in [5.41, 5.74) is 1.92. The number of methoxy groups -OCH3 is 1. The first-order chi connectivity index (χ1) is 20.7. The number of nitrogens with one attached hydrogen (secondary N) is 4. The average Bonchev–Trinajstić information content (AvgIpc) is 3.64. The largest absolute Gasteiger partial charge is 0.481 e. The van der Waals surface area contributed by atoms with E-state index < -0.39 is 11.4 Å². The Morgan fingerprint density at radius 2 is 2.05 bits per heavy atom. The number of rotatable bonds is 8. The molecule has 224 valence electrons. The van der Waals surface area contributed by atoms with Gasteiger partial charge in [-0.3, -0.25) is 14.7 Å². The molecule has 4 aromatic heterocycles. The molecule has 4 N–H and O–H groups in total. The molecule has 1 aliphatic heterocycles. The van der Waals surface area contributed by atoms with Gasteiger partial charge in [-0.25, -0.2) is 19.0 Å². The number of H-pyrrole nitrogens is 1. The van der Waals surface area contributed by atoms with Crippen LogP contribution in [0.2, 0.25) is 0 Å². The van der Waals surface area contributed by atoms with E-state index in [0.29, 0.717) is 60.3 Å². The van der Waals surface area contributed by atoms with Crippen molar-refractivity contribution < 1.29 is 23.5 Å². The van der Waals surface area contributed by atoms with Gasteiger partial charge in [0.05, 0.1) is 24.1 Å². The summed E-state index contributed by atoms with van der Waals surface area (Å²) in [4.78, 5) is 35.0. The van der Waals surface area contributed by atoms with Gasteiger partial charge in [0.25, 0.3) is 11.8 Å². The molecule has 14 heteroatoms. The van der Waals surface area contributed by atoms with Crippen LogP contribution in [0.25, 0.3) is 5.82 Å². The number of carbonyl (C=O) groups excluding carboxylic acids is 2. The lowest BCUT2D eigenvalue weighted by Crippen LogP contribution is -2.50. The molecular formula is C29H32FN9O4. The molecular weight excluding hydrogens is 557 g/mol. The predicted octanol–water partition coefficient (Wildman–Crippen LogP) is 3.83. The topological polar surface area (TPSA) is 161 Å². The molecule has 1 aliphatic carbocycles. The fourth-order valence-electron chi connectivity index (χ4n) is 5.58. The third-order valence-corrected chi connectivity index (χ3v) is 7.99. The number of fused-ring (bicyclic) bond motifs is 1. The number of ether oxygens (including phenoxy) is 2. The second-order valence-electron chi connectivity index (χ2n) is 10.9. The molecule has 0 radical (unpaired) electrons. The molecule has 4 aromatic rings. The van der Waals surface area contributed by atoms with Crippen molar-refractivity contribution in [2.24, 2.45) is 0 Å². The first-order valence-corrected chi connectivity index (χ1v) is 14.0. The zero-order valence-electron chi connectivity index (χ0n) is 24.0. The molecule has 5 heterocycles. The summed E-state index contributed by atoms with van der Waals surface area (Å²) in [5, 5.41) is 20.2. The maximum absolute atomic E-state index is 13.6. The zero-order chi connectivity index (χ0) is 30.1. The van der Waals surface area contributed by atoms with E-state index in [9.17, 15) is 14.0 Å². The predicted molar refractivity (Wildman–Crippen MR) is 154 cm³/mol. The van der Waals surface area contributed by atoms with Crippen LogP contribution < -0.4 is 20.7 Å². The highest BCUT2D eigenvalue weighted by atomic mass is 19.1. The zero-order valence-corrected chi connectivity index (χ0v) is 24.0. The van der Waals surface area contributed by atoms with Crippen molar-refractivity contribution in [3.63, 3.8) is 0 Å². The maximum Gasteiger partial charge on any atom is 0.262 e. The molecule has 0 aromatic carbocycles. The molecule has 0 saturated heterocycles. The van der Waals surface area contributed by atoms with Crippen molar-refractivity contribution >= 4 is 29.1 Å². The Bertz CT molecular complexity index is 1640. The van der Waals surface area contributed by atoms with Crippen molar-refractivity contribution in [3.8, 4) is 11.6 Å². The lowest BCUT2D eigenvalue weighted by molar-refractivity contribution is -0.148. The number of amides is 2. The number of nitrogens with zero attached hydrogens (tertiary/aromatic N) is 5. The van der Waals surface area contributed by atoms with Crippen LogP contribution in [-0.2, 0) is 14.3 Å². The third kappa shape index (κ3) is 5.78. The van der Waals surface area contributed by atoms with Gasteiger partial charge in [-0.1, -0.05) is 6.07 Å². The minimum atomic E-state index is -1.02. The number of aryl methyl sites for hydroxylation is 1. The van der Waals surface area contributed by atoms with Gasteiger partial charge in [-0.05, 0) is 51.2 Å². The molecule has 43 heavy (non-hydrogen) atoms. The highest BCUT2D eigenvalue weighted by molar-refractivity contribution is 5.96. The van der Waals surface area contributed by atoms with Crippen molar-refractivity contribution in [1.82, 2.24) is 35.3 Å². The van der Waals surface area contributed by atoms with Crippen LogP contribution in [0.3, 0.4) is 0 Å². The van der Waals surface area contributed by atoms with Gasteiger partial charge in [0.15, 0.2) is 24.1 Å². The summed E-state index contributed by atoms with van der Waals surface area (Å²) in [6.07, 6.45) is 6.10. The van der Waals surface area contributed by atoms with E-state index in [1.807, 2.05) is 26.0 Å². The fourth-order valence-corrected chi connectivity index (χ4v) is 5.58. The Hall–Kier alpha value is -4.85. The van der Waals surface area contributed by atoms with Gasteiger partial charge >= 0.3 is 0 Å². The van der Waals surface area contributed by atoms with Crippen molar-refractivity contribution in [1.29, 1.82) is 0 Å². The Labute approximate surface area is 246 Å². The van der Waals surface area contributed by atoms with Crippen LogP contribution in [-0.4, -0.2) is 61.1 Å². The van der Waals surface area contributed by atoms with Crippen LogP contribution in [0, 0.1) is 12.7 Å². The van der Waals surface area contributed by atoms with Crippen LogP contribution in [0.5, 0.6) is 5.75 Å². The second-order valence-corrected chi connectivity index (χ2v) is 10.9. The Balaban J connectivity index is 1.16. The number of anilines is 3. The highest BCUT2D eigenvalue weighted by Gasteiger charge is 2.44. The first kappa shape index (κ1) is 28.3. The van der Waals surface area contributed by atoms with Crippen molar-refractivity contribution in [3.05, 3.63) is 65.6 Å². The minimum Gasteiger partial charge on any atom is -0.481 e. The van der Waals surface area contributed by atoms with Gasteiger partial charge in [0.2, 0.25) is 0 Å². The normalized spacial score (nSPS) is 20.5. The van der Waals surface area contributed by atoms with Crippen molar-refractivity contribution in [2.45, 2.75) is 57.1 Å². The van der Waals surface area contributed by atoms with Crippen LogP contribution in [0.15, 0.2) is 42.9 Å². The molecule has 0 bridgehead atoms. The number of hydrogen-bond donors (Lipinski definition) is 4. The Morgan fingerprint density at radius 1 is 1.23 bits per heavy atom. The Morgan fingerprint density at radius 3 is 2.70 bits per heavy atom. The Kier molecular flexibility index (Phi) is 7.52. The minimum absolute atomic E-state index is 0.0456.